The van der Waals surface area contributed by atoms with Crippen molar-refractivity contribution < 1.29 is 23.9 Å². The largest absolute Gasteiger partial charge is 0.497 e. The van der Waals surface area contributed by atoms with E-state index in [1.165, 1.54) is 12.4 Å². The van der Waals surface area contributed by atoms with Crippen LogP contribution in [0.5, 0.6) is 5.75 Å². The number of carbonyl (C=O) groups excluding carboxylic acids is 3. The highest BCUT2D eigenvalue weighted by atomic mass is 16.5. The minimum atomic E-state index is -0.439. The second kappa shape index (κ2) is 14.7. The molecule has 11 heteroatoms. The monoisotopic (exact) mass is 546 g/mol. The van der Waals surface area contributed by atoms with Crippen molar-refractivity contribution >= 4 is 17.7 Å². The number of methoxy groups -OCH3 is 1. The molecule has 2 aromatic carbocycles. The molecule has 3 amide bonds. The first-order valence-corrected chi connectivity index (χ1v) is 13.2. The van der Waals surface area contributed by atoms with Crippen LogP contribution in [0.25, 0.3) is 0 Å². The Bertz CT molecular complexity index is 1290. The zero-order valence-electron chi connectivity index (χ0n) is 22.5. The van der Waals surface area contributed by atoms with Gasteiger partial charge in [0.05, 0.1) is 20.3 Å². The molecule has 0 spiro atoms. The van der Waals surface area contributed by atoms with Crippen LogP contribution in [0, 0.1) is 0 Å². The number of morpholine rings is 1. The van der Waals surface area contributed by atoms with E-state index >= 15 is 0 Å². The van der Waals surface area contributed by atoms with Gasteiger partial charge in [-0.25, -0.2) is 9.97 Å². The number of aromatic nitrogens is 2. The van der Waals surface area contributed by atoms with Crippen LogP contribution in [-0.2, 0) is 17.8 Å². The fourth-order valence-electron chi connectivity index (χ4n) is 4.14. The lowest BCUT2D eigenvalue weighted by atomic mass is 10.1. The van der Waals surface area contributed by atoms with Crippen molar-refractivity contribution in [2.75, 3.05) is 46.5 Å². The zero-order valence-corrected chi connectivity index (χ0v) is 22.5. The lowest BCUT2D eigenvalue weighted by Gasteiger charge is -2.26. The molecule has 1 saturated heterocycles. The average molecular weight is 547 g/mol. The van der Waals surface area contributed by atoms with E-state index < -0.39 is 11.8 Å². The van der Waals surface area contributed by atoms with Crippen LogP contribution in [0.4, 0.5) is 0 Å². The molecular weight excluding hydrogens is 512 g/mol. The van der Waals surface area contributed by atoms with Crippen LogP contribution in [0.15, 0.2) is 60.9 Å². The summed E-state index contributed by atoms with van der Waals surface area (Å²) in [6.07, 6.45) is 2.06. The second-order valence-corrected chi connectivity index (χ2v) is 9.27. The highest BCUT2D eigenvalue weighted by Crippen LogP contribution is 2.12. The molecule has 210 valence electrons. The van der Waals surface area contributed by atoms with E-state index in [1.807, 2.05) is 24.3 Å². The Morgan fingerprint density at radius 2 is 1.52 bits per heavy atom. The fourth-order valence-corrected chi connectivity index (χ4v) is 4.14. The van der Waals surface area contributed by atoms with Gasteiger partial charge in [-0.1, -0.05) is 24.3 Å². The van der Waals surface area contributed by atoms with Gasteiger partial charge in [-0.05, 0) is 48.4 Å². The third-order valence-corrected chi connectivity index (χ3v) is 6.43. The van der Waals surface area contributed by atoms with E-state index in [4.69, 9.17) is 9.47 Å². The number of nitrogens with zero attached hydrogens (tertiary/aromatic N) is 3. The first kappa shape index (κ1) is 28.7. The zero-order chi connectivity index (χ0) is 28.2. The number of ether oxygens (including phenoxy) is 2. The fraction of sp³-hybridized carbons (Fsp3) is 0.345. The van der Waals surface area contributed by atoms with E-state index in [2.05, 4.69) is 30.8 Å². The maximum Gasteiger partial charge on any atom is 0.270 e. The van der Waals surface area contributed by atoms with E-state index in [0.717, 1.165) is 50.4 Å². The van der Waals surface area contributed by atoms with E-state index in [0.29, 0.717) is 17.9 Å². The molecular formula is C29H34N6O5. The Morgan fingerprint density at radius 1 is 0.850 bits per heavy atom. The molecule has 2 heterocycles. The first-order valence-electron chi connectivity index (χ1n) is 13.2. The van der Waals surface area contributed by atoms with Gasteiger partial charge in [0, 0.05) is 44.4 Å². The van der Waals surface area contributed by atoms with Crippen molar-refractivity contribution in [1.82, 2.24) is 30.8 Å². The van der Waals surface area contributed by atoms with Crippen LogP contribution >= 0.6 is 0 Å². The van der Waals surface area contributed by atoms with E-state index in [9.17, 15) is 14.4 Å². The topological polar surface area (TPSA) is 135 Å². The standard InChI is InChI=1S/C29H34N6O5/c1-39-24-5-2-4-22(16-24)19-32-29(38)26-17-25(33-20-34-26)28(37)31-18-21-6-8-23(9-7-21)27(36)30-10-3-11-35-12-14-40-15-13-35/h2,4-9,16-17,20H,3,10-15,18-19H2,1H3,(H,30,36)(H,31,37)(H,32,38). The lowest BCUT2D eigenvalue weighted by Crippen LogP contribution is -2.38. The summed E-state index contributed by atoms with van der Waals surface area (Å²) in [6.45, 7) is 5.46. The third kappa shape index (κ3) is 8.58. The average Bonchev–Trinajstić information content (AvgIpc) is 3.01. The molecule has 1 fully saturated rings. The predicted molar refractivity (Wildman–Crippen MR) is 148 cm³/mol. The molecule has 3 N–H and O–H groups in total. The van der Waals surface area contributed by atoms with Crippen molar-refractivity contribution in [1.29, 1.82) is 0 Å². The number of hydrogen-bond acceptors (Lipinski definition) is 8. The van der Waals surface area contributed by atoms with Gasteiger partial charge in [0.2, 0.25) is 0 Å². The van der Waals surface area contributed by atoms with Crippen molar-refractivity contribution in [2.45, 2.75) is 19.5 Å². The molecule has 3 aromatic rings. The molecule has 0 aliphatic carbocycles. The Hall–Kier alpha value is -4.35. The van der Waals surface area contributed by atoms with Gasteiger partial charge >= 0.3 is 0 Å². The Labute approximate surface area is 233 Å². The molecule has 40 heavy (non-hydrogen) atoms. The Balaban J connectivity index is 1.21. The first-order chi connectivity index (χ1) is 19.5. The van der Waals surface area contributed by atoms with Crippen LogP contribution in [0.3, 0.4) is 0 Å². The summed E-state index contributed by atoms with van der Waals surface area (Å²) < 4.78 is 10.5. The second-order valence-electron chi connectivity index (χ2n) is 9.27. The molecule has 0 atom stereocenters. The van der Waals surface area contributed by atoms with Crippen molar-refractivity contribution in [3.8, 4) is 5.75 Å². The molecule has 1 aromatic heterocycles. The molecule has 11 nitrogen and oxygen atoms in total. The van der Waals surface area contributed by atoms with Crippen LogP contribution < -0.4 is 20.7 Å². The van der Waals surface area contributed by atoms with Gasteiger partial charge < -0.3 is 25.4 Å². The maximum absolute atomic E-state index is 12.7. The summed E-state index contributed by atoms with van der Waals surface area (Å²) in [4.78, 5) is 48.0. The number of amides is 3. The van der Waals surface area contributed by atoms with Crippen molar-refractivity contribution in [3.05, 3.63) is 89.0 Å². The summed E-state index contributed by atoms with van der Waals surface area (Å²) in [5.41, 5.74) is 2.41. The Morgan fingerprint density at radius 3 is 2.20 bits per heavy atom. The number of benzene rings is 2. The van der Waals surface area contributed by atoms with E-state index in [-0.39, 0.29) is 30.4 Å². The minimum absolute atomic E-state index is 0.0783. The Kier molecular flexibility index (Phi) is 10.5. The van der Waals surface area contributed by atoms with Crippen LogP contribution in [0.2, 0.25) is 0 Å². The summed E-state index contributed by atoms with van der Waals surface area (Å²) >= 11 is 0. The minimum Gasteiger partial charge on any atom is -0.497 e. The number of rotatable bonds is 12. The quantitative estimate of drug-likeness (QED) is 0.293. The van der Waals surface area contributed by atoms with Gasteiger partial charge in [-0.15, -0.1) is 0 Å². The van der Waals surface area contributed by atoms with Crippen molar-refractivity contribution in [3.63, 3.8) is 0 Å². The molecule has 0 bridgehead atoms. The van der Waals surface area contributed by atoms with Crippen LogP contribution in [-0.4, -0.2) is 79.1 Å². The lowest BCUT2D eigenvalue weighted by molar-refractivity contribution is 0.0374. The number of nitrogens with one attached hydrogen (secondary N) is 3. The number of hydrogen-bond donors (Lipinski definition) is 3. The number of carbonyl (C=O) groups is 3. The third-order valence-electron chi connectivity index (χ3n) is 6.43. The van der Waals surface area contributed by atoms with Gasteiger partial charge in [-0.3, -0.25) is 19.3 Å². The molecule has 1 aliphatic rings. The smallest absolute Gasteiger partial charge is 0.270 e. The van der Waals surface area contributed by atoms with Gasteiger partial charge in [0.15, 0.2) is 0 Å². The normalized spacial score (nSPS) is 13.3. The van der Waals surface area contributed by atoms with Gasteiger partial charge in [0.1, 0.15) is 23.5 Å². The summed E-state index contributed by atoms with van der Waals surface area (Å²) in [7, 11) is 1.58. The van der Waals surface area contributed by atoms with Crippen LogP contribution in [0.1, 0.15) is 48.9 Å². The molecule has 1 aliphatic heterocycles. The SMILES string of the molecule is COc1cccc(CNC(=O)c2cc(C(=O)NCc3ccc(C(=O)NCCCN4CCOCC4)cc3)ncn2)c1. The molecule has 4 rings (SSSR count). The highest BCUT2D eigenvalue weighted by Gasteiger charge is 2.14. The molecule has 0 saturated carbocycles. The summed E-state index contributed by atoms with van der Waals surface area (Å²) in [5, 5.41) is 8.51. The molecule has 0 radical (unpaired) electrons. The van der Waals surface area contributed by atoms with E-state index in [1.54, 1.807) is 31.4 Å². The predicted octanol–water partition coefficient (Wildman–Crippen LogP) is 1.80. The highest BCUT2D eigenvalue weighted by molar-refractivity contribution is 5.97. The van der Waals surface area contributed by atoms with Gasteiger partial charge in [0.25, 0.3) is 17.7 Å². The maximum atomic E-state index is 12.7. The van der Waals surface area contributed by atoms with Crippen molar-refractivity contribution in [2.24, 2.45) is 0 Å². The summed E-state index contributed by atoms with van der Waals surface area (Å²) in [5.74, 6) is -0.294. The molecule has 0 unspecified atom stereocenters. The summed E-state index contributed by atoms with van der Waals surface area (Å²) in [6, 6.07) is 15.7. The van der Waals surface area contributed by atoms with Gasteiger partial charge in [-0.2, -0.15) is 0 Å².